The van der Waals surface area contributed by atoms with E-state index in [1.807, 2.05) is 6.07 Å². The number of carbonyl (C=O) groups excluding carboxylic acids is 3. The largest absolute Gasteiger partial charge is 0.379 e. The number of hydrogen-bond acceptors (Lipinski definition) is 12. The van der Waals surface area contributed by atoms with Crippen LogP contribution in [0.1, 0.15) is 44.8 Å². The summed E-state index contributed by atoms with van der Waals surface area (Å²) in [6, 6.07) is 15.3. The second kappa shape index (κ2) is 18.3. The van der Waals surface area contributed by atoms with Gasteiger partial charge >= 0.3 is 0 Å². The molecule has 2 aromatic heterocycles. The summed E-state index contributed by atoms with van der Waals surface area (Å²) in [7, 11) is 0. The Kier molecular flexibility index (Phi) is 13.3. The number of ether oxygens (including phenoxy) is 2. The number of amides is 3. The molecule has 0 saturated carbocycles. The molecule has 3 amide bonds. The van der Waals surface area contributed by atoms with Crippen molar-refractivity contribution in [3.63, 3.8) is 0 Å². The molecule has 48 heavy (non-hydrogen) atoms. The monoisotopic (exact) mass is 656 g/mol. The topological polar surface area (TPSA) is 239 Å². The van der Waals surface area contributed by atoms with E-state index in [-0.39, 0.29) is 41.3 Å². The molecule has 0 aliphatic rings. The second-order valence-electron chi connectivity index (χ2n) is 10.3. The van der Waals surface area contributed by atoms with Gasteiger partial charge in [-0.25, -0.2) is 9.97 Å². The molecule has 0 spiro atoms. The van der Waals surface area contributed by atoms with Gasteiger partial charge in [-0.1, -0.05) is 6.07 Å². The van der Waals surface area contributed by atoms with E-state index in [9.17, 15) is 19.2 Å². The molecule has 0 radical (unpaired) electrons. The summed E-state index contributed by atoms with van der Waals surface area (Å²) < 4.78 is 10.9. The number of anilines is 2. The van der Waals surface area contributed by atoms with E-state index in [1.54, 1.807) is 42.5 Å². The van der Waals surface area contributed by atoms with Crippen LogP contribution in [0, 0.1) is 11.3 Å². The number of nitrogens with zero attached hydrogens (tertiary/aromatic N) is 4. The van der Waals surface area contributed by atoms with Gasteiger partial charge in [0.05, 0.1) is 56.5 Å². The number of aromatic amines is 1. The van der Waals surface area contributed by atoms with E-state index >= 15 is 0 Å². The van der Waals surface area contributed by atoms with Gasteiger partial charge in [0.15, 0.2) is 11.2 Å². The Labute approximate surface area is 275 Å². The lowest BCUT2D eigenvalue weighted by Crippen LogP contribution is -2.29. The average Bonchev–Trinajstić information content (AvgIpc) is 3.10. The maximum Gasteiger partial charge on any atom is 0.280 e. The van der Waals surface area contributed by atoms with Crippen LogP contribution in [0.15, 0.2) is 59.5 Å². The van der Waals surface area contributed by atoms with Crippen molar-refractivity contribution in [2.24, 2.45) is 0 Å². The third kappa shape index (κ3) is 11.2. The van der Waals surface area contributed by atoms with Gasteiger partial charge in [0.2, 0.25) is 11.9 Å². The van der Waals surface area contributed by atoms with Crippen LogP contribution >= 0.6 is 0 Å². The zero-order valence-electron chi connectivity index (χ0n) is 26.1. The van der Waals surface area contributed by atoms with Crippen LogP contribution in [0.5, 0.6) is 0 Å². The van der Waals surface area contributed by atoms with Crippen LogP contribution in [0.2, 0.25) is 0 Å². The Hall–Kier alpha value is -5.92. The molecule has 0 aliphatic heterocycles. The van der Waals surface area contributed by atoms with Crippen LogP contribution in [-0.2, 0) is 20.8 Å². The van der Waals surface area contributed by atoms with Crippen LogP contribution in [0.25, 0.3) is 11.2 Å². The van der Waals surface area contributed by atoms with E-state index < -0.39 is 5.56 Å². The fourth-order valence-electron chi connectivity index (χ4n) is 4.28. The van der Waals surface area contributed by atoms with Crippen molar-refractivity contribution in [2.45, 2.75) is 19.4 Å². The number of hydrogen-bond donors (Lipinski definition) is 6. The van der Waals surface area contributed by atoms with E-state index in [4.69, 9.17) is 20.5 Å². The van der Waals surface area contributed by atoms with Crippen LogP contribution in [0.3, 0.4) is 0 Å². The first-order valence-electron chi connectivity index (χ1n) is 15.2. The molecule has 250 valence electrons. The molecule has 7 N–H and O–H groups in total. The van der Waals surface area contributed by atoms with Gasteiger partial charge in [0.1, 0.15) is 0 Å². The number of nitrogen functional groups attached to an aromatic ring is 1. The molecule has 2 aromatic carbocycles. The summed E-state index contributed by atoms with van der Waals surface area (Å²) in [5, 5.41) is 20.4. The minimum absolute atomic E-state index is 0.0277. The highest BCUT2D eigenvalue weighted by molar-refractivity contribution is 5.95. The van der Waals surface area contributed by atoms with E-state index in [1.165, 1.54) is 12.3 Å². The van der Waals surface area contributed by atoms with Crippen LogP contribution in [0.4, 0.5) is 11.6 Å². The Bertz CT molecular complexity index is 1810. The second-order valence-corrected chi connectivity index (χ2v) is 10.3. The smallest absolute Gasteiger partial charge is 0.280 e. The summed E-state index contributed by atoms with van der Waals surface area (Å²) in [6.07, 6.45) is 2.24. The van der Waals surface area contributed by atoms with Gasteiger partial charge in [-0.2, -0.15) is 10.2 Å². The maximum absolute atomic E-state index is 12.5. The Morgan fingerprint density at radius 1 is 0.875 bits per heavy atom. The molecule has 16 nitrogen and oxygen atoms in total. The molecule has 0 aliphatic carbocycles. The highest BCUT2D eigenvalue weighted by atomic mass is 16.5. The van der Waals surface area contributed by atoms with Gasteiger partial charge in [0.25, 0.3) is 17.4 Å². The normalized spacial score (nSPS) is 10.6. The molecule has 0 unspecified atom stereocenters. The number of H-pyrrole nitrogens is 1. The first-order valence-corrected chi connectivity index (χ1v) is 15.2. The lowest BCUT2D eigenvalue weighted by atomic mass is 10.1. The van der Waals surface area contributed by atoms with Gasteiger partial charge in [-0.05, 0) is 48.9 Å². The van der Waals surface area contributed by atoms with Crippen LogP contribution < -0.4 is 32.6 Å². The zero-order chi connectivity index (χ0) is 34.1. The van der Waals surface area contributed by atoms with Crippen molar-refractivity contribution in [3.05, 3.63) is 87.5 Å². The van der Waals surface area contributed by atoms with E-state index in [0.717, 1.165) is 5.69 Å². The standard InChI is InChI=1S/C32H36N10O6/c33-18-21-3-1-4-23(17-21)30(45)37-12-14-48-16-15-47-13-11-35-26(43)5-2-10-36-29(44)22-6-8-24(9-7-22)38-19-25-20-39-28-27(40-25)31(46)42-32(34)41-28/h1,3-4,6-9,17,20,38H,2,5,10-16,19H2,(H,35,43)(H,36,44)(H,37,45)(H3,34,39,41,42,46). The first kappa shape index (κ1) is 34.9. The highest BCUT2D eigenvalue weighted by Crippen LogP contribution is 2.12. The van der Waals surface area contributed by atoms with Crippen molar-refractivity contribution < 1.29 is 23.9 Å². The number of fused-ring (bicyclic) bond motifs is 1. The summed E-state index contributed by atoms with van der Waals surface area (Å²) in [6.45, 7) is 2.62. The van der Waals surface area contributed by atoms with E-state index in [2.05, 4.69) is 41.2 Å². The summed E-state index contributed by atoms with van der Waals surface area (Å²) in [5.41, 5.74) is 7.90. The Morgan fingerprint density at radius 3 is 2.33 bits per heavy atom. The fraction of sp³-hybridized carbons (Fsp3) is 0.312. The molecular weight excluding hydrogens is 620 g/mol. The molecular formula is C32H36N10O6. The van der Waals surface area contributed by atoms with Crippen LogP contribution in [-0.4, -0.2) is 83.7 Å². The minimum Gasteiger partial charge on any atom is -0.379 e. The van der Waals surface area contributed by atoms with Gasteiger partial charge in [-0.3, -0.25) is 24.2 Å². The molecule has 0 atom stereocenters. The van der Waals surface area contributed by atoms with Crippen molar-refractivity contribution >= 4 is 40.5 Å². The lowest BCUT2D eigenvalue weighted by Gasteiger charge is -2.09. The Balaban J connectivity index is 0.995. The summed E-state index contributed by atoms with van der Waals surface area (Å²) >= 11 is 0. The number of nitrogens with two attached hydrogens (primary N) is 1. The molecule has 0 saturated heterocycles. The highest BCUT2D eigenvalue weighted by Gasteiger charge is 2.09. The predicted octanol–water partition coefficient (Wildman–Crippen LogP) is 0.868. The Morgan fingerprint density at radius 2 is 1.58 bits per heavy atom. The number of benzene rings is 2. The lowest BCUT2D eigenvalue weighted by molar-refractivity contribution is -0.121. The fourth-order valence-corrected chi connectivity index (χ4v) is 4.28. The molecule has 16 heteroatoms. The predicted molar refractivity (Wildman–Crippen MR) is 176 cm³/mol. The summed E-state index contributed by atoms with van der Waals surface area (Å²) in [5.74, 6) is -0.698. The number of aromatic nitrogens is 4. The molecule has 4 rings (SSSR count). The molecule has 4 aromatic rings. The first-order chi connectivity index (χ1) is 23.3. The summed E-state index contributed by atoms with van der Waals surface area (Å²) in [4.78, 5) is 63.4. The zero-order valence-corrected chi connectivity index (χ0v) is 26.1. The number of nitrogens with one attached hydrogen (secondary N) is 5. The SMILES string of the molecule is N#Cc1cccc(C(=O)NCCOCCOCCNC(=O)CCCNC(=O)c2ccc(NCc3cnc4nc(N)[nH]c(=O)c4n3)cc2)c1. The van der Waals surface area contributed by atoms with E-state index in [0.29, 0.717) is 81.4 Å². The number of rotatable bonds is 18. The molecule has 0 bridgehead atoms. The quantitative estimate of drug-likeness (QED) is 0.0818. The third-order valence-corrected chi connectivity index (χ3v) is 6.70. The van der Waals surface area contributed by atoms with Crippen molar-refractivity contribution in [2.75, 3.05) is 57.1 Å². The third-order valence-electron chi connectivity index (χ3n) is 6.70. The van der Waals surface area contributed by atoms with Gasteiger partial charge in [-0.15, -0.1) is 0 Å². The maximum atomic E-state index is 12.5. The number of nitriles is 1. The van der Waals surface area contributed by atoms with Crippen molar-refractivity contribution in [1.82, 2.24) is 35.9 Å². The molecule has 2 heterocycles. The van der Waals surface area contributed by atoms with Gasteiger partial charge in [0, 0.05) is 42.9 Å². The van der Waals surface area contributed by atoms with Crippen molar-refractivity contribution in [3.8, 4) is 6.07 Å². The number of carbonyl (C=O) groups is 3. The van der Waals surface area contributed by atoms with Crippen molar-refractivity contribution in [1.29, 1.82) is 5.26 Å². The minimum atomic E-state index is -0.466. The van der Waals surface area contributed by atoms with Gasteiger partial charge < -0.3 is 36.5 Å². The molecule has 0 fully saturated rings. The average molecular weight is 657 g/mol.